The molecule has 3 saturated carbocycles. The van der Waals surface area contributed by atoms with E-state index in [1.165, 1.54) is 6.07 Å². The predicted octanol–water partition coefficient (Wildman–Crippen LogP) is 5.09. The molecule has 1 aromatic carbocycles. The molecule has 0 spiro atoms. The molecule has 0 amide bonds. The summed E-state index contributed by atoms with van der Waals surface area (Å²) in [7, 11) is 0. The molecule has 2 aromatic rings. The number of carbonyl (C=O) groups excluding carboxylic acids is 1. The van der Waals surface area contributed by atoms with Crippen molar-refractivity contribution < 1.29 is 27.6 Å². The van der Waals surface area contributed by atoms with Crippen LogP contribution < -0.4 is 4.74 Å². The van der Waals surface area contributed by atoms with Gasteiger partial charge in [-0.1, -0.05) is 17.3 Å². The fourth-order valence-electron chi connectivity index (χ4n) is 4.76. The number of carbonyl (C=O) groups is 1. The van der Waals surface area contributed by atoms with E-state index in [4.69, 9.17) is 9.26 Å². The second-order valence-corrected chi connectivity index (χ2v) is 8.30. The van der Waals surface area contributed by atoms with Crippen LogP contribution in [0.2, 0.25) is 0 Å². The number of Topliss-reactive ketones (excluding diaryl/α,β-unsaturated/α-hetero) is 1. The summed E-state index contributed by atoms with van der Waals surface area (Å²) in [6.45, 7) is -2.62. The number of hydrogen-bond donors (Lipinski definition) is 0. The van der Waals surface area contributed by atoms with Crippen LogP contribution >= 0.6 is 0 Å². The van der Waals surface area contributed by atoms with Gasteiger partial charge in [-0.3, -0.25) is 4.79 Å². The maximum Gasteiger partial charge on any atom is 0.387 e. The summed E-state index contributed by atoms with van der Waals surface area (Å²) in [5.41, 5.74) is 1.78. The Labute approximate surface area is 167 Å². The summed E-state index contributed by atoms with van der Waals surface area (Å²) in [6, 6.07) is 6.61. The van der Waals surface area contributed by atoms with E-state index >= 15 is 0 Å². The van der Waals surface area contributed by atoms with E-state index in [-0.39, 0.29) is 23.7 Å². The highest BCUT2D eigenvalue weighted by Crippen LogP contribution is 2.46. The van der Waals surface area contributed by atoms with E-state index in [0.29, 0.717) is 29.6 Å². The largest absolute Gasteiger partial charge is 0.434 e. The minimum absolute atomic E-state index is 0.0348. The number of para-hydroxylation sites is 1. The smallest absolute Gasteiger partial charge is 0.387 e. The molecule has 154 valence electrons. The maximum atomic E-state index is 12.8. The highest BCUT2D eigenvalue weighted by molar-refractivity contribution is 5.86. The van der Waals surface area contributed by atoms with Crippen LogP contribution in [0.4, 0.5) is 8.78 Å². The first-order valence-electron chi connectivity index (χ1n) is 10.3. The second-order valence-electron chi connectivity index (χ2n) is 8.30. The van der Waals surface area contributed by atoms with Gasteiger partial charge in [0.25, 0.3) is 0 Å². The molecular weight excluding hydrogens is 380 g/mol. The number of rotatable bonds is 7. The standard InChI is InChI=1S/C22H23F2NO4/c23-22(24)28-18-4-2-1-3-16(18)19-17(21(29-25-19)12-5-6-12)11-27-15-9-13-7-8-14(10-15)20(13)26/h1-4,12-15,22H,5-11H2/t13-,14?,15?/m0/s1. The van der Waals surface area contributed by atoms with E-state index < -0.39 is 6.61 Å². The molecule has 3 fully saturated rings. The molecular formula is C22H23F2NO4. The summed E-state index contributed by atoms with van der Waals surface area (Å²) >= 11 is 0. The van der Waals surface area contributed by atoms with Crippen molar-refractivity contribution in [2.75, 3.05) is 0 Å². The molecule has 5 rings (SSSR count). The highest BCUT2D eigenvalue weighted by atomic mass is 19.3. The fraction of sp³-hybridized carbons (Fsp3) is 0.545. The predicted molar refractivity (Wildman–Crippen MR) is 99.6 cm³/mol. The number of ether oxygens (including phenoxy) is 2. The number of fused-ring (bicyclic) bond motifs is 2. The minimum atomic E-state index is -2.92. The molecule has 0 saturated heterocycles. The molecule has 0 N–H and O–H groups in total. The Hall–Kier alpha value is -2.28. The Morgan fingerprint density at radius 3 is 2.45 bits per heavy atom. The number of alkyl halides is 2. The summed E-state index contributed by atoms with van der Waals surface area (Å²) in [5, 5.41) is 4.20. The second kappa shape index (κ2) is 7.52. The van der Waals surface area contributed by atoms with E-state index in [2.05, 4.69) is 9.89 Å². The van der Waals surface area contributed by atoms with Crippen LogP contribution in [0.3, 0.4) is 0 Å². The quantitative estimate of drug-likeness (QED) is 0.644. The lowest BCUT2D eigenvalue weighted by Crippen LogP contribution is -2.30. The Bertz CT molecular complexity index is 892. The molecule has 2 unspecified atom stereocenters. The van der Waals surface area contributed by atoms with Crippen molar-refractivity contribution in [1.82, 2.24) is 5.16 Å². The molecule has 3 aliphatic carbocycles. The molecule has 1 heterocycles. The Morgan fingerprint density at radius 1 is 1.07 bits per heavy atom. The van der Waals surface area contributed by atoms with Gasteiger partial charge in [-0.25, -0.2) is 0 Å². The van der Waals surface area contributed by atoms with Crippen LogP contribution in [0.5, 0.6) is 5.75 Å². The van der Waals surface area contributed by atoms with Crippen molar-refractivity contribution in [3.05, 3.63) is 35.6 Å². The first-order chi connectivity index (χ1) is 14.1. The summed E-state index contributed by atoms with van der Waals surface area (Å²) in [6.07, 6.45) is 5.55. The fourth-order valence-corrected chi connectivity index (χ4v) is 4.76. The summed E-state index contributed by atoms with van der Waals surface area (Å²) < 4.78 is 42.2. The Balaban J connectivity index is 1.40. The number of halogens is 2. The average Bonchev–Trinajstić information content (AvgIpc) is 3.43. The van der Waals surface area contributed by atoms with Crippen molar-refractivity contribution in [3.63, 3.8) is 0 Å². The molecule has 2 bridgehead atoms. The first kappa shape index (κ1) is 18.7. The minimum Gasteiger partial charge on any atom is -0.434 e. The third-order valence-electron chi connectivity index (χ3n) is 6.35. The van der Waals surface area contributed by atoms with Gasteiger partial charge in [-0.2, -0.15) is 8.78 Å². The molecule has 1 aromatic heterocycles. The monoisotopic (exact) mass is 403 g/mol. The SMILES string of the molecule is O=C1C2CC[C@H]1CC(OCc1c(-c3ccccc3OC(F)F)noc1C1CC1)C2. The van der Waals surface area contributed by atoms with Crippen LogP contribution in [-0.4, -0.2) is 23.7 Å². The van der Waals surface area contributed by atoms with Crippen molar-refractivity contribution in [2.24, 2.45) is 11.8 Å². The van der Waals surface area contributed by atoms with Crippen molar-refractivity contribution in [2.45, 2.75) is 63.8 Å². The van der Waals surface area contributed by atoms with Gasteiger partial charge in [-0.15, -0.1) is 0 Å². The maximum absolute atomic E-state index is 12.8. The van der Waals surface area contributed by atoms with Gasteiger partial charge >= 0.3 is 6.61 Å². The Kier molecular flexibility index (Phi) is 4.86. The zero-order valence-electron chi connectivity index (χ0n) is 16.0. The normalized spacial score (nSPS) is 26.3. The van der Waals surface area contributed by atoms with E-state index in [9.17, 15) is 13.6 Å². The molecule has 3 atom stereocenters. The molecule has 5 nitrogen and oxygen atoms in total. The Morgan fingerprint density at radius 2 is 1.76 bits per heavy atom. The van der Waals surface area contributed by atoms with Crippen LogP contribution in [0.25, 0.3) is 11.3 Å². The highest BCUT2D eigenvalue weighted by Gasteiger charge is 2.42. The van der Waals surface area contributed by atoms with Gasteiger partial charge < -0.3 is 14.0 Å². The lowest BCUT2D eigenvalue weighted by Gasteiger charge is -2.26. The first-order valence-corrected chi connectivity index (χ1v) is 10.3. The van der Waals surface area contributed by atoms with E-state index in [0.717, 1.165) is 49.8 Å². The lowest BCUT2D eigenvalue weighted by atomic mass is 9.86. The van der Waals surface area contributed by atoms with Gasteiger partial charge in [-0.05, 0) is 50.7 Å². The van der Waals surface area contributed by atoms with Gasteiger partial charge in [0.1, 0.15) is 23.0 Å². The molecule has 0 aliphatic heterocycles. The molecule has 7 heteroatoms. The van der Waals surface area contributed by atoms with Crippen LogP contribution in [-0.2, 0) is 16.1 Å². The van der Waals surface area contributed by atoms with E-state index in [1.807, 2.05) is 0 Å². The lowest BCUT2D eigenvalue weighted by molar-refractivity contribution is -0.130. The zero-order valence-corrected chi connectivity index (χ0v) is 16.0. The number of hydrogen-bond acceptors (Lipinski definition) is 5. The third-order valence-corrected chi connectivity index (χ3v) is 6.35. The van der Waals surface area contributed by atoms with Gasteiger partial charge in [0.05, 0.1) is 12.7 Å². The molecule has 29 heavy (non-hydrogen) atoms. The third kappa shape index (κ3) is 3.68. The number of ketones is 1. The van der Waals surface area contributed by atoms with E-state index in [1.54, 1.807) is 18.2 Å². The van der Waals surface area contributed by atoms with Gasteiger partial charge in [0.15, 0.2) is 0 Å². The average molecular weight is 403 g/mol. The molecule has 0 radical (unpaired) electrons. The number of aromatic nitrogens is 1. The number of nitrogens with zero attached hydrogens (tertiary/aromatic N) is 1. The van der Waals surface area contributed by atoms with Crippen LogP contribution in [0.1, 0.15) is 55.8 Å². The van der Waals surface area contributed by atoms with Crippen molar-refractivity contribution in [1.29, 1.82) is 0 Å². The van der Waals surface area contributed by atoms with Gasteiger partial charge in [0.2, 0.25) is 0 Å². The zero-order chi connectivity index (χ0) is 20.0. The van der Waals surface area contributed by atoms with Gasteiger partial charge in [0, 0.05) is 28.9 Å². The van der Waals surface area contributed by atoms with Crippen molar-refractivity contribution >= 4 is 5.78 Å². The summed E-state index contributed by atoms with van der Waals surface area (Å²) in [4.78, 5) is 12.1. The van der Waals surface area contributed by atoms with Crippen LogP contribution in [0.15, 0.2) is 28.8 Å². The van der Waals surface area contributed by atoms with Crippen LogP contribution in [0, 0.1) is 11.8 Å². The van der Waals surface area contributed by atoms with Crippen molar-refractivity contribution in [3.8, 4) is 17.0 Å². The molecule has 3 aliphatic rings. The topological polar surface area (TPSA) is 61.6 Å². The summed E-state index contributed by atoms with van der Waals surface area (Å²) in [5.74, 6) is 1.81. The number of benzene rings is 1.